The number of aliphatic hydroxyl groups excluding tert-OH is 1. The highest BCUT2D eigenvalue weighted by atomic mass is 16.7. The molecule has 0 bridgehead atoms. The van der Waals surface area contributed by atoms with Gasteiger partial charge < -0.3 is 28.8 Å². The average Bonchev–Trinajstić information content (AvgIpc) is 3.08. The molecule has 1 N–H and O–H groups in total. The Morgan fingerprint density at radius 1 is 0.871 bits per heavy atom. The van der Waals surface area contributed by atoms with Crippen molar-refractivity contribution in [3.63, 3.8) is 0 Å². The van der Waals surface area contributed by atoms with E-state index in [9.17, 15) is 5.11 Å². The topological polar surface area (TPSA) is 69.7 Å². The third-order valence-corrected chi connectivity index (χ3v) is 11.3. The van der Waals surface area contributed by atoms with Crippen LogP contribution in [-0.2, 0) is 23.7 Å². The van der Waals surface area contributed by atoms with Crippen molar-refractivity contribution >= 4 is 0 Å². The lowest BCUT2D eigenvalue weighted by atomic mass is 9.43. The lowest BCUT2D eigenvalue weighted by Gasteiger charge is -2.62. The van der Waals surface area contributed by atoms with Gasteiger partial charge in [0.15, 0.2) is 11.6 Å². The number of aliphatic hydroxyl groups is 1. The first-order chi connectivity index (χ1) is 14.8. The molecule has 7 fully saturated rings. The summed E-state index contributed by atoms with van der Waals surface area (Å²) in [5.74, 6) is 0.804. The fourth-order valence-corrected chi connectivity index (χ4v) is 10.1. The molecular weight excluding hydrogens is 396 g/mol. The molecule has 174 valence electrons. The van der Waals surface area contributed by atoms with Crippen LogP contribution in [0, 0.1) is 34.5 Å². The summed E-state index contributed by atoms with van der Waals surface area (Å²) >= 11 is 0. The maximum absolute atomic E-state index is 11.8. The molecule has 0 amide bonds. The zero-order chi connectivity index (χ0) is 21.3. The fourth-order valence-electron chi connectivity index (χ4n) is 10.1. The largest absolute Gasteiger partial charge is 0.393 e. The molecule has 1 unspecified atom stereocenters. The van der Waals surface area contributed by atoms with Gasteiger partial charge in [-0.05, 0) is 62.2 Å². The van der Waals surface area contributed by atoms with Crippen LogP contribution in [0.5, 0.6) is 0 Å². The van der Waals surface area contributed by atoms with Crippen molar-refractivity contribution < 1.29 is 28.8 Å². The molecule has 0 aromatic carbocycles. The summed E-state index contributed by atoms with van der Waals surface area (Å²) < 4.78 is 31.1. The van der Waals surface area contributed by atoms with E-state index in [1.807, 2.05) is 0 Å². The molecule has 2 spiro atoms. The molecule has 6 heteroatoms. The molecule has 7 rings (SSSR count). The molecule has 0 radical (unpaired) electrons. The van der Waals surface area contributed by atoms with Crippen LogP contribution >= 0.6 is 0 Å². The normalized spacial score (nSPS) is 58.5. The molecule has 6 nitrogen and oxygen atoms in total. The Balaban J connectivity index is 1.22. The Hall–Kier alpha value is -0.240. The van der Waals surface area contributed by atoms with Crippen LogP contribution in [0.3, 0.4) is 0 Å². The van der Waals surface area contributed by atoms with E-state index in [0.717, 1.165) is 38.5 Å². The number of hydrogen-bond acceptors (Lipinski definition) is 6. The fraction of sp³-hybridized carbons (Fsp3) is 1.00. The van der Waals surface area contributed by atoms with Crippen molar-refractivity contribution in [3.8, 4) is 0 Å². The van der Waals surface area contributed by atoms with Crippen LogP contribution in [0.25, 0.3) is 0 Å². The Kier molecular flexibility index (Phi) is 3.94. The van der Waals surface area contributed by atoms with E-state index in [-0.39, 0.29) is 28.6 Å². The van der Waals surface area contributed by atoms with Gasteiger partial charge in [0.25, 0.3) is 0 Å². The van der Waals surface area contributed by atoms with Gasteiger partial charge in [-0.25, -0.2) is 0 Å². The Morgan fingerprint density at radius 3 is 2.32 bits per heavy atom. The van der Waals surface area contributed by atoms with Crippen LogP contribution < -0.4 is 0 Å². The molecule has 7 aliphatic rings. The number of ether oxygens (including phenoxy) is 5. The molecule has 0 aromatic rings. The number of hydrogen-bond donors (Lipinski definition) is 1. The summed E-state index contributed by atoms with van der Waals surface area (Å²) in [6, 6.07) is 0. The Labute approximate surface area is 185 Å². The number of rotatable bonds is 1. The summed E-state index contributed by atoms with van der Waals surface area (Å²) in [5, 5.41) is 11.8. The zero-order valence-electron chi connectivity index (χ0n) is 19.2. The molecule has 3 saturated heterocycles. The van der Waals surface area contributed by atoms with Crippen LogP contribution in [0.1, 0.15) is 65.7 Å². The van der Waals surface area contributed by atoms with E-state index >= 15 is 0 Å². The van der Waals surface area contributed by atoms with Crippen molar-refractivity contribution in [3.05, 3.63) is 0 Å². The molecule has 4 aliphatic carbocycles. The van der Waals surface area contributed by atoms with Gasteiger partial charge in [-0.3, -0.25) is 0 Å². The minimum atomic E-state index is -0.497. The summed E-state index contributed by atoms with van der Waals surface area (Å²) in [4.78, 5) is 0. The second kappa shape index (κ2) is 6.05. The second-order valence-electron chi connectivity index (χ2n) is 12.3. The van der Waals surface area contributed by atoms with Crippen molar-refractivity contribution in [2.75, 3.05) is 26.4 Å². The van der Waals surface area contributed by atoms with Gasteiger partial charge in [0.05, 0.1) is 38.6 Å². The van der Waals surface area contributed by atoms with Crippen LogP contribution in [-0.4, -0.2) is 60.9 Å². The quantitative estimate of drug-likeness (QED) is 0.639. The average molecular weight is 435 g/mol. The highest BCUT2D eigenvalue weighted by Crippen LogP contribution is 2.75. The first kappa shape index (κ1) is 20.2. The standard InChI is InChI=1S/C25H38O6/c1-21-13-17(26)20-15(16(21)4-5-18(21)23(3)27-8-9-28-23)12-19-25(31-19)14-24(29-10-11-30-24)7-6-22(20,25)2/h15-20,26H,4-14H2,1-3H3/t15-,16-,17-,18-,19-,20+,21-,22+,25?/m0/s1. The van der Waals surface area contributed by atoms with Crippen molar-refractivity contribution in [2.24, 2.45) is 34.5 Å². The minimum absolute atomic E-state index is 0.00969. The Bertz CT molecular complexity index is 774. The van der Waals surface area contributed by atoms with Gasteiger partial charge in [0.2, 0.25) is 0 Å². The molecule has 9 atom stereocenters. The lowest BCUT2D eigenvalue weighted by Crippen LogP contribution is -2.65. The summed E-state index contributed by atoms with van der Waals surface area (Å²) in [7, 11) is 0. The first-order valence-electron chi connectivity index (χ1n) is 12.7. The van der Waals surface area contributed by atoms with Crippen molar-refractivity contribution in [1.82, 2.24) is 0 Å². The molecule has 3 heterocycles. The van der Waals surface area contributed by atoms with Crippen molar-refractivity contribution in [1.29, 1.82) is 0 Å². The smallest absolute Gasteiger partial charge is 0.171 e. The predicted octanol–water partition coefficient (Wildman–Crippen LogP) is 3.25. The highest BCUT2D eigenvalue weighted by molar-refractivity contribution is 5.26. The molecule has 31 heavy (non-hydrogen) atoms. The Morgan fingerprint density at radius 2 is 1.58 bits per heavy atom. The van der Waals surface area contributed by atoms with Crippen molar-refractivity contribution in [2.45, 2.75) is 95.1 Å². The van der Waals surface area contributed by atoms with Gasteiger partial charge in [0, 0.05) is 24.2 Å². The minimum Gasteiger partial charge on any atom is -0.393 e. The third kappa shape index (κ3) is 2.35. The van der Waals surface area contributed by atoms with E-state index in [1.54, 1.807) is 0 Å². The third-order valence-electron chi connectivity index (χ3n) is 11.3. The summed E-state index contributed by atoms with van der Waals surface area (Å²) in [6.45, 7) is 9.72. The van der Waals surface area contributed by atoms with Gasteiger partial charge >= 0.3 is 0 Å². The maximum atomic E-state index is 11.8. The SMILES string of the molecule is CC1([C@H]2CC[C@H]3[C@@H]4C[C@@H]5OC56CC5(CC[C@]6(C)[C@H]4[C@@H](O)C[C@]23C)OCCO5)OCCO1. The summed E-state index contributed by atoms with van der Waals surface area (Å²) in [6.07, 6.45) is 7.01. The van der Waals surface area contributed by atoms with Crippen LogP contribution in [0.15, 0.2) is 0 Å². The monoisotopic (exact) mass is 434 g/mol. The van der Waals surface area contributed by atoms with Gasteiger partial charge in [-0.2, -0.15) is 0 Å². The molecule has 3 aliphatic heterocycles. The van der Waals surface area contributed by atoms with E-state index < -0.39 is 11.6 Å². The van der Waals surface area contributed by atoms with E-state index in [2.05, 4.69) is 20.8 Å². The first-order valence-corrected chi connectivity index (χ1v) is 12.7. The number of fused-ring (bicyclic) bond motifs is 4. The molecular formula is C25H38O6. The van der Waals surface area contributed by atoms with Gasteiger partial charge in [-0.1, -0.05) is 13.8 Å². The molecule has 4 saturated carbocycles. The number of epoxide rings is 1. The predicted molar refractivity (Wildman–Crippen MR) is 111 cm³/mol. The molecule has 0 aromatic heterocycles. The van der Waals surface area contributed by atoms with E-state index in [1.165, 1.54) is 6.42 Å². The van der Waals surface area contributed by atoms with Crippen LogP contribution in [0.4, 0.5) is 0 Å². The zero-order valence-corrected chi connectivity index (χ0v) is 19.2. The lowest BCUT2D eigenvalue weighted by molar-refractivity contribution is -0.249. The van der Waals surface area contributed by atoms with Gasteiger partial charge in [0.1, 0.15) is 5.60 Å². The maximum Gasteiger partial charge on any atom is 0.171 e. The van der Waals surface area contributed by atoms with Gasteiger partial charge in [-0.15, -0.1) is 0 Å². The highest BCUT2D eigenvalue weighted by Gasteiger charge is 2.80. The van der Waals surface area contributed by atoms with Crippen LogP contribution in [0.2, 0.25) is 0 Å². The van der Waals surface area contributed by atoms with E-state index in [4.69, 9.17) is 23.7 Å². The second-order valence-corrected chi connectivity index (χ2v) is 12.3. The van der Waals surface area contributed by atoms with E-state index in [0.29, 0.717) is 50.1 Å². The summed E-state index contributed by atoms with van der Waals surface area (Å²) in [5.41, 5.74) is -0.129.